The third-order valence-corrected chi connectivity index (χ3v) is 4.39. The van der Waals surface area contributed by atoms with Crippen molar-refractivity contribution in [3.8, 4) is 5.75 Å². The van der Waals surface area contributed by atoms with Crippen molar-refractivity contribution >= 4 is 31.6 Å². The summed E-state index contributed by atoms with van der Waals surface area (Å²) in [4.78, 5) is 0.117. The van der Waals surface area contributed by atoms with Crippen molar-refractivity contribution in [2.75, 3.05) is 11.8 Å². The Labute approximate surface area is 119 Å². The van der Waals surface area contributed by atoms with E-state index < -0.39 is 10.0 Å². The van der Waals surface area contributed by atoms with Crippen LogP contribution >= 0.6 is 15.9 Å². The van der Waals surface area contributed by atoms with E-state index >= 15 is 0 Å². The summed E-state index contributed by atoms with van der Waals surface area (Å²) in [5.41, 5.74) is 0.890. The highest BCUT2D eigenvalue weighted by molar-refractivity contribution is 9.10. The Morgan fingerprint density at radius 3 is 2.68 bits per heavy atom. The van der Waals surface area contributed by atoms with Gasteiger partial charge >= 0.3 is 0 Å². The number of rotatable bonds is 4. The molecule has 0 saturated carbocycles. The van der Waals surface area contributed by atoms with Gasteiger partial charge in [-0.3, -0.25) is 9.82 Å². The minimum atomic E-state index is -3.66. The van der Waals surface area contributed by atoms with E-state index in [2.05, 4.69) is 30.8 Å². The van der Waals surface area contributed by atoms with Gasteiger partial charge in [0.1, 0.15) is 10.6 Å². The first-order valence-corrected chi connectivity index (χ1v) is 7.57. The molecule has 1 aromatic carbocycles. The molecule has 2 N–H and O–H groups in total. The zero-order chi connectivity index (χ0) is 14.0. The van der Waals surface area contributed by atoms with Crippen molar-refractivity contribution in [1.82, 2.24) is 10.2 Å². The number of H-pyrrole nitrogens is 1. The molecule has 0 aliphatic carbocycles. The average molecular weight is 346 g/mol. The number of halogens is 1. The molecule has 102 valence electrons. The Hall–Kier alpha value is -1.54. The number of hydrogen-bond donors (Lipinski definition) is 2. The lowest BCUT2D eigenvalue weighted by Gasteiger charge is -2.09. The molecule has 2 aromatic rings. The molecule has 0 saturated heterocycles. The zero-order valence-electron chi connectivity index (χ0n) is 10.3. The minimum absolute atomic E-state index is 0.117. The van der Waals surface area contributed by atoms with Gasteiger partial charge in [-0.05, 0) is 19.1 Å². The van der Waals surface area contributed by atoms with Crippen molar-refractivity contribution in [3.63, 3.8) is 0 Å². The van der Waals surface area contributed by atoms with Crippen LogP contribution in [0.25, 0.3) is 0 Å². The van der Waals surface area contributed by atoms with E-state index in [0.29, 0.717) is 21.6 Å². The van der Waals surface area contributed by atoms with E-state index in [-0.39, 0.29) is 4.90 Å². The van der Waals surface area contributed by atoms with Crippen molar-refractivity contribution < 1.29 is 13.2 Å². The first-order chi connectivity index (χ1) is 8.92. The monoisotopic (exact) mass is 345 g/mol. The fourth-order valence-electron chi connectivity index (χ4n) is 1.56. The molecule has 19 heavy (non-hydrogen) atoms. The first-order valence-electron chi connectivity index (χ1n) is 5.30. The van der Waals surface area contributed by atoms with Crippen molar-refractivity contribution in [2.24, 2.45) is 0 Å². The molecule has 2 rings (SSSR count). The van der Waals surface area contributed by atoms with E-state index in [9.17, 15) is 8.42 Å². The Balaban J connectivity index is 2.36. The summed E-state index contributed by atoms with van der Waals surface area (Å²) in [6.07, 6.45) is 1.27. The van der Waals surface area contributed by atoms with Crippen LogP contribution in [0.3, 0.4) is 0 Å². The van der Waals surface area contributed by atoms with Crippen LogP contribution in [0.15, 0.2) is 33.8 Å². The summed E-state index contributed by atoms with van der Waals surface area (Å²) in [5.74, 6) is 0.552. The van der Waals surface area contributed by atoms with Gasteiger partial charge in [-0.1, -0.05) is 15.9 Å². The molecule has 1 aromatic heterocycles. The molecular weight excluding hydrogens is 334 g/mol. The molecule has 0 bridgehead atoms. The Morgan fingerprint density at radius 1 is 1.37 bits per heavy atom. The molecule has 0 aliphatic rings. The number of nitrogens with zero attached hydrogens (tertiary/aromatic N) is 1. The number of methoxy groups -OCH3 is 1. The number of aromatic nitrogens is 2. The van der Waals surface area contributed by atoms with Crippen molar-refractivity contribution in [2.45, 2.75) is 11.8 Å². The van der Waals surface area contributed by atoms with E-state index in [1.807, 2.05) is 0 Å². The lowest BCUT2D eigenvalue weighted by Crippen LogP contribution is -2.13. The molecule has 0 spiro atoms. The van der Waals surface area contributed by atoms with Crippen LogP contribution in [-0.4, -0.2) is 25.7 Å². The quantitative estimate of drug-likeness (QED) is 0.890. The second kappa shape index (κ2) is 5.22. The van der Waals surface area contributed by atoms with E-state index in [0.717, 1.165) is 0 Å². The van der Waals surface area contributed by atoms with Gasteiger partial charge in [-0.25, -0.2) is 8.42 Å². The lowest BCUT2D eigenvalue weighted by atomic mass is 10.3. The molecule has 0 amide bonds. The lowest BCUT2D eigenvalue weighted by molar-refractivity contribution is 0.415. The maximum absolute atomic E-state index is 12.2. The van der Waals surface area contributed by atoms with Gasteiger partial charge in [0.05, 0.1) is 24.7 Å². The summed E-state index contributed by atoms with van der Waals surface area (Å²) >= 11 is 3.29. The van der Waals surface area contributed by atoms with Gasteiger partial charge in [0.2, 0.25) is 0 Å². The number of nitrogens with one attached hydrogen (secondary N) is 2. The summed E-state index contributed by atoms with van der Waals surface area (Å²) < 4.78 is 32.6. The number of benzene rings is 1. The van der Waals surface area contributed by atoms with Crippen LogP contribution in [-0.2, 0) is 10.0 Å². The summed E-state index contributed by atoms with van der Waals surface area (Å²) in [7, 11) is -2.15. The van der Waals surface area contributed by atoms with Crippen LogP contribution in [0, 0.1) is 6.92 Å². The van der Waals surface area contributed by atoms with Gasteiger partial charge in [0.15, 0.2) is 0 Å². The van der Waals surface area contributed by atoms with E-state index in [4.69, 9.17) is 4.74 Å². The topological polar surface area (TPSA) is 84.1 Å². The average Bonchev–Trinajstić information content (AvgIpc) is 2.74. The Morgan fingerprint density at radius 2 is 2.11 bits per heavy atom. The molecule has 1 heterocycles. The second-order valence-corrected chi connectivity index (χ2v) is 6.41. The molecule has 0 atom stereocenters. The summed E-state index contributed by atoms with van der Waals surface area (Å²) in [6.45, 7) is 1.64. The fraction of sp³-hybridized carbons (Fsp3) is 0.182. The van der Waals surface area contributed by atoms with Crippen molar-refractivity contribution in [3.05, 3.63) is 34.6 Å². The van der Waals surface area contributed by atoms with Gasteiger partial charge in [0, 0.05) is 10.5 Å². The first kappa shape index (κ1) is 13.9. The van der Waals surface area contributed by atoms with Gasteiger partial charge < -0.3 is 4.74 Å². The third kappa shape index (κ3) is 3.07. The molecule has 0 unspecified atom stereocenters. The summed E-state index contributed by atoms with van der Waals surface area (Å²) in [5, 5.41) is 6.29. The zero-order valence-corrected chi connectivity index (χ0v) is 12.7. The second-order valence-electron chi connectivity index (χ2n) is 3.84. The highest BCUT2D eigenvalue weighted by Gasteiger charge is 2.19. The molecular formula is C11H12BrN3O3S. The standard InChI is InChI=1S/C11H12BrN3O3S/c1-7-11(6-13-14-7)19(16,17)15-9-3-8(12)4-10(5-9)18-2/h3-6,15H,1-2H3,(H,13,14). The SMILES string of the molecule is COc1cc(Br)cc(NS(=O)(=O)c2cn[nH]c2C)c1. The molecule has 0 fully saturated rings. The van der Waals surface area contributed by atoms with Gasteiger partial charge in [-0.15, -0.1) is 0 Å². The smallest absolute Gasteiger partial charge is 0.265 e. The number of sulfonamides is 1. The van der Waals surface area contributed by atoms with Crippen LogP contribution in [0.2, 0.25) is 0 Å². The predicted octanol–water partition coefficient (Wildman–Crippen LogP) is 2.29. The Kier molecular flexibility index (Phi) is 3.81. The fourth-order valence-corrected chi connectivity index (χ4v) is 3.21. The molecule has 0 radical (unpaired) electrons. The minimum Gasteiger partial charge on any atom is -0.497 e. The maximum atomic E-state index is 12.2. The largest absolute Gasteiger partial charge is 0.497 e. The number of hydrogen-bond acceptors (Lipinski definition) is 4. The van der Waals surface area contributed by atoms with Crippen molar-refractivity contribution in [1.29, 1.82) is 0 Å². The number of ether oxygens (including phenoxy) is 1. The van der Waals surface area contributed by atoms with Gasteiger partial charge in [-0.2, -0.15) is 5.10 Å². The highest BCUT2D eigenvalue weighted by Crippen LogP contribution is 2.26. The molecule has 6 nitrogen and oxygen atoms in total. The van der Waals surface area contributed by atoms with Crippen LogP contribution in [0.5, 0.6) is 5.75 Å². The predicted molar refractivity (Wildman–Crippen MR) is 74.8 cm³/mol. The molecule has 8 heteroatoms. The highest BCUT2D eigenvalue weighted by atomic mass is 79.9. The number of aryl methyl sites for hydroxylation is 1. The normalized spacial score (nSPS) is 11.3. The summed E-state index contributed by atoms with van der Waals surface area (Å²) in [6, 6.07) is 4.98. The van der Waals surface area contributed by atoms with E-state index in [1.54, 1.807) is 25.1 Å². The van der Waals surface area contributed by atoms with E-state index in [1.165, 1.54) is 13.3 Å². The van der Waals surface area contributed by atoms with Crippen LogP contribution < -0.4 is 9.46 Å². The maximum Gasteiger partial charge on any atom is 0.265 e. The number of anilines is 1. The van der Waals surface area contributed by atoms with Crippen LogP contribution in [0.1, 0.15) is 5.69 Å². The third-order valence-electron chi connectivity index (χ3n) is 2.43. The number of aromatic amines is 1. The Bertz CT molecular complexity index is 697. The molecule has 0 aliphatic heterocycles. The van der Waals surface area contributed by atoms with Crippen LogP contribution in [0.4, 0.5) is 5.69 Å². The van der Waals surface area contributed by atoms with Gasteiger partial charge in [0.25, 0.3) is 10.0 Å².